The van der Waals surface area contributed by atoms with E-state index in [1.54, 1.807) is 32.0 Å². The van der Waals surface area contributed by atoms with Crippen LogP contribution in [0, 0.1) is 0 Å². The first-order chi connectivity index (χ1) is 17.5. The number of fused-ring (bicyclic) bond motifs is 2. The minimum Gasteiger partial charge on any atom is -0.495 e. The first-order valence-electron chi connectivity index (χ1n) is 11.6. The lowest BCUT2D eigenvalue weighted by Crippen LogP contribution is -2.61. The molecule has 202 valence electrons. The third-order valence-corrected chi connectivity index (χ3v) is 6.46. The normalized spacial score (nSPS) is 25.4. The van der Waals surface area contributed by atoms with Crippen molar-refractivity contribution in [2.24, 2.45) is 0 Å². The molecule has 1 aromatic carbocycles. The standard InChI is InChI=1S/C25H30O12/c1-11(27)34-18(25(2,3)37-24-21(30)20(29)19(28)17(10-26)36-24)8-12-7-14-16(35-23(12)31)9-15-13(5-6-33-15)22(14)32-4/h5-7,9,17-21,24,26,28-30H,8,10H2,1-4H3/t17-,18-,19-,20+,21-,24+/m0/s1. The van der Waals surface area contributed by atoms with Crippen LogP contribution in [0.1, 0.15) is 26.3 Å². The van der Waals surface area contributed by atoms with Crippen LogP contribution in [-0.4, -0.2) is 82.5 Å². The predicted molar refractivity (Wildman–Crippen MR) is 127 cm³/mol. The summed E-state index contributed by atoms with van der Waals surface area (Å²) >= 11 is 0. The fourth-order valence-corrected chi connectivity index (χ4v) is 4.43. The van der Waals surface area contributed by atoms with Crippen LogP contribution in [-0.2, 0) is 25.4 Å². The van der Waals surface area contributed by atoms with Crippen molar-refractivity contribution >= 4 is 27.9 Å². The summed E-state index contributed by atoms with van der Waals surface area (Å²) in [7, 11) is 1.48. The lowest BCUT2D eigenvalue weighted by molar-refractivity contribution is -0.331. The quantitative estimate of drug-likeness (QED) is 0.240. The predicted octanol–water partition coefficient (Wildman–Crippen LogP) is 0.617. The van der Waals surface area contributed by atoms with Crippen LogP contribution in [0.5, 0.6) is 5.75 Å². The highest BCUT2D eigenvalue weighted by molar-refractivity contribution is 6.01. The molecule has 0 unspecified atom stereocenters. The summed E-state index contributed by atoms with van der Waals surface area (Å²) in [5.41, 5.74) is -1.19. The molecule has 1 aliphatic rings. The Labute approximate surface area is 210 Å². The van der Waals surface area contributed by atoms with Gasteiger partial charge in [0.05, 0.1) is 30.8 Å². The lowest BCUT2D eigenvalue weighted by Gasteiger charge is -2.44. The highest BCUT2D eigenvalue weighted by Crippen LogP contribution is 2.36. The van der Waals surface area contributed by atoms with Crippen molar-refractivity contribution in [1.82, 2.24) is 0 Å². The Morgan fingerprint density at radius 3 is 2.49 bits per heavy atom. The van der Waals surface area contributed by atoms with E-state index in [-0.39, 0.29) is 17.6 Å². The number of esters is 1. The molecule has 1 fully saturated rings. The van der Waals surface area contributed by atoms with Gasteiger partial charge in [-0.1, -0.05) is 0 Å². The zero-order chi connectivity index (χ0) is 27.1. The Hall–Kier alpha value is -3.00. The second-order valence-electron chi connectivity index (χ2n) is 9.43. The Balaban J connectivity index is 1.68. The number of methoxy groups -OCH3 is 1. The molecule has 3 heterocycles. The van der Waals surface area contributed by atoms with Gasteiger partial charge in [0.25, 0.3) is 0 Å². The fraction of sp³-hybridized carbons (Fsp3) is 0.520. The largest absolute Gasteiger partial charge is 0.495 e. The summed E-state index contributed by atoms with van der Waals surface area (Å²) < 4.78 is 33.3. The van der Waals surface area contributed by atoms with E-state index in [4.69, 9.17) is 27.8 Å². The highest BCUT2D eigenvalue weighted by atomic mass is 16.7. The second-order valence-corrected chi connectivity index (χ2v) is 9.43. The van der Waals surface area contributed by atoms with Crippen LogP contribution >= 0.6 is 0 Å². The van der Waals surface area contributed by atoms with Gasteiger partial charge < -0.3 is 48.2 Å². The van der Waals surface area contributed by atoms with Crippen molar-refractivity contribution in [1.29, 1.82) is 0 Å². The minimum absolute atomic E-state index is 0.144. The number of benzene rings is 1. The summed E-state index contributed by atoms with van der Waals surface area (Å²) in [6, 6.07) is 4.87. The number of carbonyl (C=O) groups excluding carboxylic acids is 1. The highest BCUT2D eigenvalue weighted by Gasteiger charge is 2.47. The second kappa shape index (κ2) is 10.4. The first-order valence-corrected chi connectivity index (χ1v) is 11.6. The zero-order valence-corrected chi connectivity index (χ0v) is 20.7. The Bertz CT molecular complexity index is 1320. The van der Waals surface area contributed by atoms with Gasteiger partial charge in [-0.25, -0.2) is 4.79 Å². The van der Waals surface area contributed by atoms with E-state index in [1.165, 1.54) is 20.3 Å². The average molecular weight is 523 g/mol. The smallest absolute Gasteiger partial charge is 0.339 e. The Morgan fingerprint density at radius 1 is 1.11 bits per heavy atom. The van der Waals surface area contributed by atoms with E-state index in [2.05, 4.69) is 0 Å². The maximum absolute atomic E-state index is 12.9. The topological polar surface area (TPSA) is 178 Å². The Kier molecular flexibility index (Phi) is 7.60. The van der Waals surface area contributed by atoms with E-state index < -0.39 is 60.6 Å². The van der Waals surface area contributed by atoms with Crippen molar-refractivity contribution in [3.63, 3.8) is 0 Å². The van der Waals surface area contributed by atoms with Crippen molar-refractivity contribution < 1.29 is 53.0 Å². The van der Waals surface area contributed by atoms with E-state index >= 15 is 0 Å². The molecular formula is C25H30O12. The molecule has 0 saturated carbocycles. The maximum Gasteiger partial charge on any atom is 0.339 e. The van der Waals surface area contributed by atoms with E-state index in [0.29, 0.717) is 22.1 Å². The number of aliphatic hydroxyl groups is 4. The molecule has 37 heavy (non-hydrogen) atoms. The van der Waals surface area contributed by atoms with Crippen molar-refractivity contribution in [3.05, 3.63) is 40.4 Å². The molecule has 0 radical (unpaired) electrons. The van der Waals surface area contributed by atoms with Crippen LogP contribution < -0.4 is 10.4 Å². The van der Waals surface area contributed by atoms with Crippen molar-refractivity contribution in [3.8, 4) is 5.75 Å². The van der Waals surface area contributed by atoms with E-state index in [9.17, 15) is 30.0 Å². The summed E-state index contributed by atoms with van der Waals surface area (Å²) in [5.74, 6) is -0.217. The minimum atomic E-state index is -1.66. The van der Waals surface area contributed by atoms with Gasteiger partial charge in [-0.2, -0.15) is 0 Å². The fourth-order valence-electron chi connectivity index (χ4n) is 4.43. The third kappa shape index (κ3) is 5.21. The number of ether oxygens (including phenoxy) is 4. The average Bonchev–Trinajstić information content (AvgIpc) is 3.30. The van der Waals surface area contributed by atoms with Crippen LogP contribution in [0.3, 0.4) is 0 Å². The van der Waals surface area contributed by atoms with Gasteiger partial charge >= 0.3 is 11.6 Å². The lowest BCUT2D eigenvalue weighted by atomic mass is 9.93. The summed E-state index contributed by atoms with van der Waals surface area (Å²) in [5, 5.41) is 41.2. The molecule has 0 amide bonds. The maximum atomic E-state index is 12.9. The molecule has 3 aromatic rings. The molecule has 12 heteroatoms. The number of furan rings is 1. The van der Waals surface area contributed by atoms with Crippen LogP contribution in [0.25, 0.3) is 21.9 Å². The van der Waals surface area contributed by atoms with Crippen LogP contribution in [0.15, 0.2) is 38.1 Å². The molecule has 1 aliphatic heterocycles. The van der Waals surface area contributed by atoms with Gasteiger partial charge in [-0.15, -0.1) is 0 Å². The molecule has 4 rings (SSSR count). The molecule has 0 bridgehead atoms. The molecule has 2 aromatic heterocycles. The van der Waals surface area contributed by atoms with Crippen molar-refractivity contribution in [2.75, 3.05) is 13.7 Å². The zero-order valence-electron chi connectivity index (χ0n) is 20.7. The van der Waals surface area contributed by atoms with Gasteiger partial charge in [0.2, 0.25) is 0 Å². The van der Waals surface area contributed by atoms with Gasteiger partial charge in [-0.05, 0) is 26.0 Å². The number of carbonyl (C=O) groups is 1. The molecule has 12 nitrogen and oxygen atoms in total. The first kappa shape index (κ1) is 27.0. The number of hydrogen-bond acceptors (Lipinski definition) is 12. The monoisotopic (exact) mass is 522 g/mol. The van der Waals surface area contributed by atoms with Gasteiger partial charge in [0.15, 0.2) is 6.29 Å². The molecule has 0 aliphatic carbocycles. The summed E-state index contributed by atoms with van der Waals surface area (Å²) in [6.07, 6.45) is -7.29. The number of aliphatic hydroxyl groups excluding tert-OH is 4. The van der Waals surface area contributed by atoms with E-state index in [0.717, 1.165) is 0 Å². The molecular weight excluding hydrogens is 492 g/mol. The molecule has 4 N–H and O–H groups in total. The van der Waals surface area contributed by atoms with Gasteiger partial charge in [0.1, 0.15) is 53.0 Å². The third-order valence-electron chi connectivity index (χ3n) is 6.46. The Morgan fingerprint density at radius 2 is 1.84 bits per heavy atom. The van der Waals surface area contributed by atoms with Gasteiger partial charge in [0, 0.05) is 25.0 Å². The summed E-state index contributed by atoms with van der Waals surface area (Å²) in [4.78, 5) is 24.8. The number of hydrogen-bond donors (Lipinski definition) is 4. The van der Waals surface area contributed by atoms with Crippen molar-refractivity contribution in [2.45, 2.75) is 69.6 Å². The number of rotatable bonds is 8. The summed E-state index contributed by atoms with van der Waals surface area (Å²) in [6.45, 7) is 3.64. The van der Waals surface area contributed by atoms with Crippen LogP contribution in [0.4, 0.5) is 0 Å². The molecule has 0 spiro atoms. The van der Waals surface area contributed by atoms with Crippen LogP contribution in [0.2, 0.25) is 0 Å². The molecule has 6 atom stereocenters. The van der Waals surface area contributed by atoms with Gasteiger partial charge in [-0.3, -0.25) is 4.79 Å². The SMILES string of the molecule is COc1c2ccoc2cc2oc(=O)c(C[C@H](OC(C)=O)C(C)(C)O[C@H]3O[C@@H](CO)[C@H](O)[C@@H](O)[C@@H]3O)cc12. The molecule has 1 saturated heterocycles. The van der Waals surface area contributed by atoms with E-state index in [1.807, 2.05) is 0 Å².